The minimum atomic E-state index is -4.64. The molecule has 0 aliphatic heterocycles. The van der Waals surface area contributed by atoms with Gasteiger partial charge >= 0.3 is 6.18 Å². The van der Waals surface area contributed by atoms with E-state index < -0.39 is 23.5 Å². The van der Waals surface area contributed by atoms with Crippen LogP contribution in [0.3, 0.4) is 0 Å². The van der Waals surface area contributed by atoms with Gasteiger partial charge in [-0.05, 0) is 43.7 Å². The van der Waals surface area contributed by atoms with Gasteiger partial charge in [0.25, 0.3) is 5.91 Å². The molecule has 0 fully saturated rings. The van der Waals surface area contributed by atoms with Gasteiger partial charge in [0.2, 0.25) is 0 Å². The Morgan fingerprint density at radius 1 is 1.23 bits per heavy atom. The lowest BCUT2D eigenvalue weighted by Gasteiger charge is -2.16. The summed E-state index contributed by atoms with van der Waals surface area (Å²) < 4.78 is 56.2. The molecular weight excluding hydrogens is 430 g/mol. The first-order chi connectivity index (χ1) is 14.6. The van der Waals surface area contributed by atoms with Crippen LogP contribution in [0.4, 0.5) is 23.2 Å². The molecular formula is C22H21F4N3OS. The molecule has 0 aliphatic carbocycles. The number of nitrogens with one attached hydrogen (secondary N) is 1. The van der Waals surface area contributed by atoms with Crippen LogP contribution in [0.1, 0.15) is 41.9 Å². The van der Waals surface area contributed by atoms with Gasteiger partial charge in [-0.15, -0.1) is 11.8 Å². The Bertz CT molecular complexity index is 1090. The van der Waals surface area contributed by atoms with Crippen LogP contribution in [0.25, 0.3) is 5.69 Å². The van der Waals surface area contributed by atoms with Gasteiger partial charge in [0.15, 0.2) is 0 Å². The topological polar surface area (TPSA) is 46.9 Å². The molecule has 4 nitrogen and oxygen atoms in total. The van der Waals surface area contributed by atoms with E-state index in [4.69, 9.17) is 0 Å². The second kappa shape index (κ2) is 9.13. The second-order valence-corrected chi connectivity index (χ2v) is 8.51. The van der Waals surface area contributed by atoms with Crippen molar-refractivity contribution in [1.29, 1.82) is 0 Å². The molecule has 9 heteroatoms. The molecule has 1 atom stereocenters. The molecule has 0 radical (unpaired) electrons. The first-order valence-corrected chi connectivity index (χ1v) is 10.5. The summed E-state index contributed by atoms with van der Waals surface area (Å²) in [6, 6.07) is 9.74. The van der Waals surface area contributed by atoms with Crippen molar-refractivity contribution in [1.82, 2.24) is 9.78 Å². The van der Waals surface area contributed by atoms with Gasteiger partial charge in [0, 0.05) is 10.1 Å². The monoisotopic (exact) mass is 451 g/mol. The molecule has 1 N–H and O–H groups in total. The van der Waals surface area contributed by atoms with Crippen LogP contribution in [0.15, 0.2) is 53.6 Å². The van der Waals surface area contributed by atoms with E-state index in [1.165, 1.54) is 46.9 Å². The number of hydrogen-bond donors (Lipinski definition) is 1. The number of amides is 1. The van der Waals surface area contributed by atoms with Crippen molar-refractivity contribution >= 4 is 23.4 Å². The number of para-hydroxylation sites is 1. The molecule has 0 saturated carbocycles. The fourth-order valence-electron chi connectivity index (χ4n) is 2.94. The van der Waals surface area contributed by atoms with Gasteiger partial charge in [0.05, 0.1) is 28.7 Å². The first kappa shape index (κ1) is 22.9. The minimum absolute atomic E-state index is 0.0504. The van der Waals surface area contributed by atoms with Crippen molar-refractivity contribution in [3.63, 3.8) is 0 Å². The largest absolute Gasteiger partial charge is 0.418 e. The lowest BCUT2D eigenvalue weighted by atomic mass is 10.1. The fourth-order valence-corrected chi connectivity index (χ4v) is 3.91. The molecule has 3 aromatic rings. The van der Waals surface area contributed by atoms with Crippen LogP contribution in [-0.4, -0.2) is 20.9 Å². The lowest BCUT2D eigenvalue weighted by molar-refractivity contribution is -0.137. The van der Waals surface area contributed by atoms with Gasteiger partial charge < -0.3 is 5.32 Å². The smallest absolute Gasteiger partial charge is 0.321 e. The van der Waals surface area contributed by atoms with Crippen molar-refractivity contribution < 1.29 is 22.4 Å². The summed E-state index contributed by atoms with van der Waals surface area (Å²) in [7, 11) is 0. The molecule has 0 spiro atoms. The third-order valence-electron chi connectivity index (χ3n) is 4.79. The number of carbonyl (C=O) groups is 1. The Labute approximate surface area is 181 Å². The maximum absolute atomic E-state index is 14.1. The number of benzene rings is 2. The molecule has 1 heterocycles. The number of rotatable bonds is 6. The first-order valence-electron chi connectivity index (χ1n) is 9.60. The average Bonchev–Trinajstić information content (AvgIpc) is 3.09. The number of carbonyl (C=O) groups excluding carboxylic acids is 1. The summed E-state index contributed by atoms with van der Waals surface area (Å²) >= 11 is 1.34. The second-order valence-electron chi connectivity index (χ2n) is 7.00. The third kappa shape index (κ3) is 5.10. The zero-order chi connectivity index (χ0) is 22.8. The molecule has 1 aromatic heterocycles. The Balaban J connectivity index is 1.91. The van der Waals surface area contributed by atoms with Crippen LogP contribution in [-0.2, 0) is 6.18 Å². The van der Waals surface area contributed by atoms with E-state index in [0.717, 1.165) is 12.5 Å². The normalized spacial score (nSPS) is 12.6. The number of thioether (sulfide) groups is 1. The van der Waals surface area contributed by atoms with Crippen LogP contribution in [0.2, 0.25) is 0 Å². The number of alkyl halides is 3. The molecule has 0 bridgehead atoms. The van der Waals surface area contributed by atoms with Crippen molar-refractivity contribution in [2.45, 2.75) is 43.5 Å². The van der Waals surface area contributed by atoms with E-state index in [1.54, 1.807) is 19.1 Å². The van der Waals surface area contributed by atoms with Crippen LogP contribution < -0.4 is 5.32 Å². The molecule has 0 saturated heterocycles. The van der Waals surface area contributed by atoms with Gasteiger partial charge in [-0.2, -0.15) is 18.3 Å². The Morgan fingerprint density at radius 2 is 1.94 bits per heavy atom. The van der Waals surface area contributed by atoms with E-state index in [2.05, 4.69) is 10.4 Å². The number of halogens is 4. The van der Waals surface area contributed by atoms with Crippen molar-refractivity contribution in [2.75, 3.05) is 5.32 Å². The molecule has 164 valence electrons. The quantitative estimate of drug-likeness (QED) is 0.345. The summed E-state index contributed by atoms with van der Waals surface area (Å²) in [5, 5.41) is 6.52. The number of anilines is 1. The molecule has 1 unspecified atom stereocenters. The van der Waals surface area contributed by atoms with Crippen LogP contribution in [0, 0.1) is 12.7 Å². The van der Waals surface area contributed by atoms with Crippen LogP contribution >= 0.6 is 11.8 Å². The predicted molar refractivity (Wildman–Crippen MR) is 113 cm³/mol. The van der Waals surface area contributed by atoms with Gasteiger partial charge in [0.1, 0.15) is 11.5 Å². The lowest BCUT2D eigenvalue weighted by Crippen LogP contribution is -2.17. The minimum Gasteiger partial charge on any atom is -0.321 e. The number of nitrogens with zero attached hydrogens (tertiary/aromatic N) is 2. The SMILES string of the molecule is CCC(C)Sc1ccc(NC(=O)c2cnn(-c3ccccc3F)c2C)c(C(F)(F)F)c1. The highest BCUT2D eigenvalue weighted by Gasteiger charge is 2.34. The van der Waals surface area contributed by atoms with Crippen molar-refractivity contribution in [3.8, 4) is 5.69 Å². The molecule has 31 heavy (non-hydrogen) atoms. The fraction of sp³-hybridized carbons (Fsp3) is 0.273. The third-order valence-corrected chi connectivity index (χ3v) is 6.05. The highest BCUT2D eigenvalue weighted by atomic mass is 32.2. The van der Waals surface area contributed by atoms with E-state index in [-0.39, 0.29) is 22.2 Å². The molecule has 0 aliphatic rings. The zero-order valence-corrected chi connectivity index (χ0v) is 17.9. The number of aromatic nitrogens is 2. The average molecular weight is 451 g/mol. The van der Waals surface area contributed by atoms with E-state index in [0.29, 0.717) is 10.6 Å². The summed E-state index contributed by atoms with van der Waals surface area (Å²) in [4.78, 5) is 13.2. The summed E-state index contributed by atoms with van der Waals surface area (Å²) in [5.41, 5.74) is -0.770. The van der Waals surface area contributed by atoms with Crippen LogP contribution in [0.5, 0.6) is 0 Å². The predicted octanol–water partition coefficient (Wildman–Crippen LogP) is 6.48. The Kier molecular flexibility index (Phi) is 6.74. The van der Waals surface area contributed by atoms with Gasteiger partial charge in [-0.1, -0.05) is 26.0 Å². The van der Waals surface area contributed by atoms with Crippen molar-refractivity contribution in [2.24, 2.45) is 0 Å². The highest BCUT2D eigenvalue weighted by Crippen LogP contribution is 2.38. The Morgan fingerprint density at radius 3 is 2.58 bits per heavy atom. The molecule has 1 amide bonds. The summed E-state index contributed by atoms with van der Waals surface area (Å²) in [6.07, 6.45) is -2.62. The van der Waals surface area contributed by atoms with Gasteiger partial charge in [-0.25, -0.2) is 9.07 Å². The maximum atomic E-state index is 14.1. The summed E-state index contributed by atoms with van der Waals surface area (Å²) in [6.45, 7) is 5.44. The van der Waals surface area contributed by atoms with Crippen molar-refractivity contribution in [3.05, 3.63) is 71.3 Å². The van der Waals surface area contributed by atoms with E-state index >= 15 is 0 Å². The maximum Gasteiger partial charge on any atom is 0.418 e. The van der Waals surface area contributed by atoms with E-state index in [1.807, 2.05) is 13.8 Å². The number of hydrogen-bond acceptors (Lipinski definition) is 3. The highest BCUT2D eigenvalue weighted by molar-refractivity contribution is 7.99. The Hall–Kier alpha value is -2.81. The summed E-state index contributed by atoms with van der Waals surface area (Å²) in [5.74, 6) is -1.29. The van der Waals surface area contributed by atoms with E-state index in [9.17, 15) is 22.4 Å². The molecule has 3 rings (SSSR count). The zero-order valence-electron chi connectivity index (χ0n) is 17.1. The molecule has 2 aromatic carbocycles. The standard InChI is InChI=1S/C22H21F4N3OS/c1-4-13(2)31-15-9-10-19(17(11-15)22(24,25)26)28-21(30)16-12-27-29(14(16)3)20-8-6-5-7-18(20)23/h5-13H,4H2,1-3H3,(H,28,30). The van der Waals surface area contributed by atoms with Gasteiger partial charge in [-0.3, -0.25) is 4.79 Å².